The van der Waals surface area contributed by atoms with Crippen molar-refractivity contribution in [3.05, 3.63) is 52.6 Å². The summed E-state index contributed by atoms with van der Waals surface area (Å²) in [5.74, 6) is -1.82. The van der Waals surface area contributed by atoms with Crippen molar-refractivity contribution < 1.29 is 23.9 Å². The monoisotopic (exact) mass is 370 g/mol. The number of para-hydroxylation sites is 1. The number of esters is 1. The molecule has 0 aliphatic carbocycles. The molecule has 3 N–H and O–H groups in total. The second kappa shape index (κ2) is 5.97. The van der Waals surface area contributed by atoms with Gasteiger partial charge in [-0.05, 0) is 40.7 Å². The molecule has 1 amide bonds. The number of nitrogens with two attached hydrogens (primary N) is 1. The number of ketones is 1. The number of ether oxygens (including phenoxy) is 2. The lowest BCUT2D eigenvalue weighted by Gasteiger charge is -2.36. The van der Waals surface area contributed by atoms with Crippen molar-refractivity contribution in [1.29, 1.82) is 0 Å². The Hall–Kier alpha value is -3.09. The zero-order valence-electron chi connectivity index (χ0n) is 15.9. The van der Waals surface area contributed by atoms with Gasteiger partial charge in [0.1, 0.15) is 22.3 Å². The van der Waals surface area contributed by atoms with Crippen molar-refractivity contribution in [2.24, 2.45) is 5.73 Å². The average Bonchev–Trinajstić information content (AvgIpc) is 2.78. The molecule has 3 rings (SSSR count). The van der Waals surface area contributed by atoms with Gasteiger partial charge in [-0.3, -0.25) is 9.59 Å². The third-order valence-corrected chi connectivity index (χ3v) is 4.49. The lowest BCUT2D eigenvalue weighted by atomic mass is 9.66. The van der Waals surface area contributed by atoms with Crippen LogP contribution in [0.2, 0.25) is 0 Å². The van der Waals surface area contributed by atoms with Crippen LogP contribution in [0.5, 0.6) is 0 Å². The number of benzene rings is 1. The summed E-state index contributed by atoms with van der Waals surface area (Å²) in [4.78, 5) is 38.9. The lowest BCUT2D eigenvalue weighted by molar-refractivity contribution is -0.151. The van der Waals surface area contributed by atoms with Crippen molar-refractivity contribution in [3.8, 4) is 0 Å². The molecule has 1 atom stereocenters. The van der Waals surface area contributed by atoms with E-state index in [4.69, 9.17) is 15.2 Å². The van der Waals surface area contributed by atoms with E-state index in [1.165, 1.54) is 6.92 Å². The van der Waals surface area contributed by atoms with Crippen molar-refractivity contribution >= 4 is 23.3 Å². The summed E-state index contributed by atoms with van der Waals surface area (Å²) in [5.41, 5.74) is 4.37. The first-order valence-corrected chi connectivity index (χ1v) is 8.54. The van der Waals surface area contributed by atoms with Crippen molar-refractivity contribution in [2.75, 3.05) is 5.32 Å². The molecule has 2 aliphatic rings. The summed E-state index contributed by atoms with van der Waals surface area (Å²) in [7, 11) is 0. The molecular formula is C20H22N2O5. The van der Waals surface area contributed by atoms with Crippen LogP contribution in [0.3, 0.4) is 0 Å². The Kier molecular flexibility index (Phi) is 4.14. The van der Waals surface area contributed by atoms with Gasteiger partial charge in [-0.15, -0.1) is 0 Å². The number of hydrogen-bond donors (Lipinski definition) is 2. The van der Waals surface area contributed by atoms with Crippen LogP contribution in [0.4, 0.5) is 5.69 Å². The Bertz CT molecular complexity index is 936. The number of carbonyl (C=O) groups excluding carboxylic acids is 3. The van der Waals surface area contributed by atoms with Gasteiger partial charge in [0.25, 0.3) is 0 Å². The largest absolute Gasteiger partial charge is 0.456 e. The molecule has 0 radical (unpaired) electrons. The van der Waals surface area contributed by atoms with E-state index in [1.54, 1.807) is 52.0 Å². The van der Waals surface area contributed by atoms with Crippen molar-refractivity contribution in [1.82, 2.24) is 0 Å². The average molecular weight is 370 g/mol. The van der Waals surface area contributed by atoms with Crippen LogP contribution >= 0.6 is 0 Å². The minimum absolute atomic E-state index is 0.0695. The molecule has 0 saturated heterocycles. The van der Waals surface area contributed by atoms with Crippen LogP contribution in [0, 0.1) is 0 Å². The topological polar surface area (TPSA) is 108 Å². The van der Waals surface area contributed by atoms with Gasteiger partial charge in [0.2, 0.25) is 11.8 Å². The summed E-state index contributed by atoms with van der Waals surface area (Å²) < 4.78 is 11.0. The molecule has 7 heteroatoms. The van der Waals surface area contributed by atoms with Crippen molar-refractivity contribution in [2.45, 2.75) is 45.6 Å². The first-order chi connectivity index (χ1) is 12.5. The highest BCUT2D eigenvalue weighted by Crippen LogP contribution is 2.52. The number of allylic oxidation sites excluding steroid dienone is 1. The fourth-order valence-corrected chi connectivity index (χ4v) is 3.69. The maximum Gasteiger partial charge on any atom is 0.341 e. The molecule has 0 aromatic heterocycles. The molecule has 27 heavy (non-hydrogen) atoms. The maximum absolute atomic E-state index is 13.2. The summed E-state index contributed by atoms with van der Waals surface area (Å²) in [6.45, 7) is 7.98. The minimum atomic E-state index is -1.71. The molecule has 7 nitrogen and oxygen atoms in total. The molecule has 1 aromatic rings. The summed E-state index contributed by atoms with van der Waals surface area (Å²) in [5, 5.41) is 2.75. The summed E-state index contributed by atoms with van der Waals surface area (Å²) in [6, 6.07) is 6.87. The van der Waals surface area contributed by atoms with E-state index in [9.17, 15) is 14.4 Å². The number of rotatable bonds is 2. The molecule has 2 heterocycles. The molecule has 0 saturated carbocycles. The van der Waals surface area contributed by atoms with Gasteiger partial charge < -0.3 is 20.5 Å². The number of amides is 1. The van der Waals surface area contributed by atoms with Gasteiger partial charge in [-0.25, -0.2) is 4.79 Å². The maximum atomic E-state index is 13.2. The SMILES string of the molecule is CC(=O)C1=C(C)OC(N)=C(C(=O)OC(C)(C)C)C12C(=O)Nc1ccccc12. The van der Waals surface area contributed by atoms with Crippen LogP contribution in [-0.4, -0.2) is 23.3 Å². The van der Waals surface area contributed by atoms with Gasteiger partial charge in [0.05, 0.1) is 5.57 Å². The van der Waals surface area contributed by atoms with Crippen LogP contribution in [0.15, 0.2) is 47.1 Å². The van der Waals surface area contributed by atoms with Gasteiger partial charge >= 0.3 is 5.97 Å². The van der Waals surface area contributed by atoms with E-state index in [-0.39, 0.29) is 22.8 Å². The van der Waals surface area contributed by atoms with E-state index in [2.05, 4.69) is 5.32 Å². The zero-order chi connectivity index (χ0) is 20.1. The molecule has 1 aromatic carbocycles. The number of nitrogens with one attached hydrogen (secondary N) is 1. The summed E-state index contributed by atoms with van der Waals surface area (Å²) >= 11 is 0. The molecule has 1 unspecified atom stereocenters. The molecule has 1 spiro atoms. The van der Waals surface area contributed by atoms with Crippen LogP contribution in [-0.2, 0) is 29.3 Å². The molecule has 0 fully saturated rings. The van der Waals surface area contributed by atoms with E-state index >= 15 is 0 Å². The Labute approximate surface area is 157 Å². The number of hydrogen-bond acceptors (Lipinski definition) is 6. The predicted molar refractivity (Wildman–Crippen MR) is 98.3 cm³/mol. The highest BCUT2D eigenvalue weighted by molar-refractivity contribution is 6.22. The van der Waals surface area contributed by atoms with Gasteiger partial charge in [-0.2, -0.15) is 0 Å². The standard InChI is InChI=1S/C20H22N2O5/c1-10(23)14-11(2)26-16(21)15(17(24)27-19(3,4)5)20(14)12-8-6-7-9-13(12)22-18(20)25/h6-9H,21H2,1-5H3,(H,22,25). The number of fused-ring (bicyclic) bond motifs is 2. The fourth-order valence-electron chi connectivity index (χ4n) is 3.69. The first-order valence-electron chi connectivity index (χ1n) is 8.54. The zero-order valence-corrected chi connectivity index (χ0v) is 15.9. The van der Waals surface area contributed by atoms with Gasteiger partial charge in [0, 0.05) is 11.3 Å². The minimum Gasteiger partial charge on any atom is -0.456 e. The first kappa shape index (κ1) is 18.7. The molecular weight excluding hydrogens is 348 g/mol. The van der Waals surface area contributed by atoms with Crippen LogP contribution in [0.1, 0.15) is 40.2 Å². The second-order valence-corrected chi connectivity index (χ2v) is 7.58. The predicted octanol–water partition coefficient (Wildman–Crippen LogP) is 2.28. The highest BCUT2D eigenvalue weighted by Gasteiger charge is 2.60. The molecule has 2 aliphatic heterocycles. The van der Waals surface area contributed by atoms with Crippen LogP contribution < -0.4 is 11.1 Å². The Morgan fingerprint density at radius 2 is 1.81 bits per heavy atom. The quantitative estimate of drug-likeness (QED) is 0.774. The van der Waals surface area contributed by atoms with Crippen molar-refractivity contribution in [3.63, 3.8) is 0 Å². The van der Waals surface area contributed by atoms with Gasteiger partial charge in [-0.1, -0.05) is 18.2 Å². The van der Waals surface area contributed by atoms with E-state index in [0.29, 0.717) is 11.3 Å². The Balaban J connectivity index is 2.36. The van der Waals surface area contributed by atoms with Crippen LogP contribution in [0.25, 0.3) is 0 Å². The number of carbonyl (C=O) groups is 3. The Morgan fingerprint density at radius 3 is 2.41 bits per heavy atom. The summed E-state index contributed by atoms with van der Waals surface area (Å²) in [6.07, 6.45) is 0. The Morgan fingerprint density at radius 1 is 1.19 bits per heavy atom. The molecule has 0 bridgehead atoms. The number of Topliss-reactive ketones (excluding diaryl/α,β-unsaturated/α-hetero) is 1. The lowest BCUT2D eigenvalue weighted by Crippen LogP contribution is -2.48. The normalized spacial score (nSPS) is 21.7. The van der Waals surface area contributed by atoms with E-state index in [0.717, 1.165) is 0 Å². The number of anilines is 1. The third-order valence-electron chi connectivity index (χ3n) is 4.49. The van der Waals surface area contributed by atoms with E-state index < -0.39 is 28.7 Å². The fraction of sp³-hybridized carbons (Fsp3) is 0.350. The second-order valence-electron chi connectivity index (χ2n) is 7.58. The van der Waals surface area contributed by atoms with Gasteiger partial charge in [0.15, 0.2) is 5.78 Å². The smallest absolute Gasteiger partial charge is 0.341 e. The highest BCUT2D eigenvalue weighted by atomic mass is 16.6. The van der Waals surface area contributed by atoms with E-state index in [1.807, 2.05) is 0 Å². The third kappa shape index (κ3) is 2.70. The molecule has 142 valence electrons.